The lowest BCUT2D eigenvalue weighted by Crippen LogP contribution is -2.10. The first-order valence-corrected chi connectivity index (χ1v) is 5.16. The molecule has 0 aliphatic carbocycles. The Hall–Kier alpha value is -2.36. The van der Waals surface area contributed by atoms with Gasteiger partial charge in [0.25, 0.3) is 0 Å². The second-order valence-corrected chi connectivity index (χ2v) is 3.41. The molecule has 0 radical (unpaired) electrons. The Morgan fingerprint density at radius 3 is 2.53 bits per heavy atom. The number of ether oxygens (including phenoxy) is 1. The molecule has 17 heavy (non-hydrogen) atoms. The minimum atomic E-state index is -0.476. The topological polar surface area (TPSA) is 51.2 Å². The van der Waals surface area contributed by atoms with Crippen LogP contribution in [0.1, 0.15) is 0 Å². The summed E-state index contributed by atoms with van der Waals surface area (Å²) in [5.74, 6) is 0. The van der Waals surface area contributed by atoms with Crippen molar-refractivity contribution >= 4 is 11.8 Å². The second kappa shape index (κ2) is 5.12. The van der Waals surface area contributed by atoms with E-state index in [1.807, 2.05) is 30.3 Å². The van der Waals surface area contributed by atoms with E-state index in [0.29, 0.717) is 5.69 Å². The fourth-order valence-electron chi connectivity index (χ4n) is 1.43. The second-order valence-electron chi connectivity index (χ2n) is 3.41. The summed E-state index contributed by atoms with van der Waals surface area (Å²) in [7, 11) is 1.33. The van der Waals surface area contributed by atoms with Gasteiger partial charge < -0.3 is 4.74 Å². The number of methoxy groups -OCH3 is 1. The summed E-state index contributed by atoms with van der Waals surface area (Å²) in [5.41, 5.74) is 2.59. The fraction of sp³-hybridized carbons (Fsp3) is 0.0769. The predicted molar refractivity (Wildman–Crippen MR) is 65.7 cm³/mol. The maximum absolute atomic E-state index is 11.0. The molecule has 0 aliphatic rings. The van der Waals surface area contributed by atoms with E-state index in [9.17, 15) is 4.79 Å². The maximum Gasteiger partial charge on any atom is 0.411 e. The summed E-state index contributed by atoms with van der Waals surface area (Å²) < 4.78 is 4.51. The Kier molecular flexibility index (Phi) is 3.35. The molecule has 0 fully saturated rings. The van der Waals surface area contributed by atoms with E-state index < -0.39 is 6.09 Å². The van der Waals surface area contributed by atoms with Gasteiger partial charge in [0.1, 0.15) is 0 Å². The SMILES string of the molecule is COC(=O)Nc1ccc(-c2ccccn2)cc1. The Labute approximate surface area is 99.3 Å². The molecular weight excluding hydrogens is 216 g/mol. The quantitative estimate of drug-likeness (QED) is 0.859. The monoisotopic (exact) mass is 228 g/mol. The number of hydrogen-bond acceptors (Lipinski definition) is 3. The van der Waals surface area contributed by atoms with Crippen molar-refractivity contribution in [3.63, 3.8) is 0 Å². The minimum Gasteiger partial charge on any atom is -0.453 e. The highest BCUT2D eigenvalue weighted by molar-refractivity contribution is 5.84. The highest BCUT2D eigenvalue weighted by Crippen LogP contribution is 2.18. The van der Waals surface area contributed by atoms with Crippen LogP contribution in [-0.4, -0.2) is 18.2 Å². The van der Waals surface area contributed by atoms with E-state index in [4.69, 9.17) is 0 Å². The Balaban J connectivity index is 2.16. The van der Waals surface area contributed by atoms with E-state index in [1.54, 1.807) is 18.3 Å². The zero-order valence-corrected chi connectivity index (χ0v) is 9.38. The number of carbonyl (C=O) groups excluding carboxylic acids is 1. The summed E-state index contributed by atoms with van der Waals surface area (Å²) in [6, 6.07) is 13.1. The van der Waals surface area contributed by atoms with Gasteiger partial charge in [-0.25, -0.2) is 4.79 Å². The van der Waals surface area contributed by atoms with Crippen LogP contribution in [-0.2, 0) is 4.74 Å². The van der Waals surface area contributed by atoms with Gasteiger partial charge in [-0.15, -0.1) is 0 Å². The van der Waals surface area contributed by atoms with Crippen LogP contribution in [0.25, 0.3) is 11.3 Å². The van der Waals surface area contributed by atoms with Crippen molar-refractivity contribution < 1.29 is 9.53 Å². The standard InChI is InChI=1S/C13H12N2O2/c1-17-13(16)15-11-7-5-10(6-8-11)12-4-2-3-9-14-12/h2-9H,1H3,(H,15,16). The van der Waals surface area contributed by atoms with E-state index in [2.05, 4.69) is 15.0 Å². The number of benzene rings is 1. The molecule has 1 aromatic heterocycles. The molecule has 0 saturated heterocycles. The van der Waals surface area contributed by atoms with Gasteiger partial charge in [-0.05, 0) is 24.3 Å². The van der Waals surface area contributed by atoms with Gasteiger partial charge in [-0.2, -0.15) is 0 Å². The molecule has 0 unspecified atom stereocenters. The summed E-state index contributed by atoms with van der Waals surface area (Å²) in [6.45, 7) is 0. The number of carbonyl (C=O) groups is 1. The highest BCUT2D eigenvalue weighted by atomic mass is 16.5. The molecule has 2 rings (SSSR count). The highest BCUT2D eigenvalue weighted by Gasteiger charge is 2.01. The lowest BCUT2D eigenvalue weighted by atomic mass is 10.1. The zero-order chi connectivity index (χ0) is 12.1. The van der Waals surface area contributed by atoms with E-state index in [1.165, 1.54) is 7.11 Å². The van der Waals surface area contributed by atoms with Crippen LogP contribution >= 0.6 is 0 Å². The Morgan fingerprint density at radius 1 is 1.18 bits per heavy atom. The molecule has 1 N–H and O–H groups in total. The maximum atomic E-state index is 11.0. The summed E-state index contributed by atoms with van der Waals surface area (Å²) in [6.07, 6.45) is 1.27. The zero-order valence-electron chi connectivity index (χ0n) is 9.38. The summed E-state index contributed by atoms with van der Waals surface area (Å²) >= 11 is 0. The van der Waals surface area contributed by atoms with Crippen molar-refractivity contribution in [3.05, 3.63) is 48.7 Å². The summed E-state index contributed by atoms with van der Waals surface area (Å²) in [4.78, 5) is 15.2. The van der Waals surface area contributed by atoms with Crippen LogP contribution in [0, 0.1) is 0 Å². The molecule has 0 bridgehead atoms. The van der Waals surface area contributed by atoms with Gasteiger partial charge in [0.05, 0.1) is 12.8 Å². The van der Waals surface area contributed by atoms with Crippen LogP contribution < -0.4 is 5.32 Å². The fourth-order valence-corrected chi connectivity index (χ4v) is 1.43. The average Bonchev–Trinajstić information content (AvgIpc) is 2.40. The van der Waals surface area contributed by atoms with Gasteiger partial charge in [0.15, 0.2) is 0 Å². The molecule has 0 spiro atoms. The molecule has 4 nitrogen and oxygen atoms in total. The Bertz CT molecular complexity index is 495. The third kappa shape index (κ3) is 2.81. The van der Waals surface area contributed by atoms with Crippen molar-refractivity contribution in [1.82, 2.24) is 4.98 Å². The smallest absolute Gasteiger partial charge is 0.411 e. The molecule has 0 atom stereocenters. The summed E-state index contributed by atoms with van der Waals surface area (Å²) in [5, 5.41) is 2.59. The molecule has 86 valence electrons. The van der Waals surface area contributed by atoms with Crippen molar-refractivity contribution in [1.29, 1.82) is 0 Å². The number of anilines is 1. The first-order valence-electron chi connectivity index (χ1n) is 5.16. The molecule has 4 heteroatoms. The van der Waals surface area contributed by atoms with Gasteiger partial charge in [-0.1, -0.05) is 18.2 Å². The third-order valence-corrected chi connectivity index (χ3v) is 2.28. The first kappa shape index (κ1) is 11.1. The molecule has 0 saturated carbocycles. The molecule has 2 aromatic rings. The number of rotatable bonds is 2. The van der Waals surface area contributed by atoms with Gasteiger partial charge >= 0.3 is 6.09 Å². The van der Waals surface area contributed by atoms with Crippen molar-refractivity contribution in [2.45, 2.75) is 0 Å². The van der Waals surface area contributed by atoms with Crippen LogP contribution in [0.4, 0.5) is 10.5 Å². The first-order chi connectivity index (χ1) is 8.29. The number of pyridine rings is 1. The largest absolute Gasteiger partial charge is 0.453 e. The Morgan fingerprint density at radius 2 is 1.94 bits per heavy atom. The van der Waals surface area contributed by atoms with E-state index in [0.717, 1.165) is 11.3 Å². The van der Waals surface area contributed by atoms with E-state index in [-0.39, 0.29) is 0 Å². The van der Waals surface area contributed by atoms with Crippen molar-refractivity contribution in [2.75, 3.05) is 12.4 Å². The van der Waals surface area contributed by atoms with Crippen LogP contribution in [0.2, 0.25) is 0 Å². The normalized spacial score (nSPS) is 9.71. The van der Waals surface area contributed by atoms with Gasteiger partial charge in [-0.3, -0.25) is 10.3 Å². The number of aromatic nitrogens is 1. The molecule has 1 heterocycles. The molecule has 0 aliphatic heterocycles. The minimum absolute atomic E-state index is 0.476. The third-order valence-electron chi connectivity index (χ3n) is 2.28. The lowest BCUT2D eigenvalue weighted by Gasteiger charge is -2.04. The lowest BCUT2D eigenvalue weighted by molar-refractivity contribution is 0.187. The number of amides is 1. The predicted octanol–water partition coefficient (Wildman–Crippen LogP) is 2.93. The number of nitrogens with one attached hydrogen (secondary N) is 1. The molecule has 1 aromatic carbocycles. The van der Waals surface area contributed by atoms with E-state index >= 15 is 0 Å². The van der Waals surface area contributed by atoms with Crippen LogP contribution in [0.3, 0.4) is 0 Å². The van der Waals surface area contributed by atoms with Crippen LogP contribution in [0.15, 0.2) is 48.7 Å². The molecular formula is C13H12N2O2. The van der Waals surface area contributed by atoms with Gasteiger partial charge in [0, 0.05) is 17.4 Å². The van der Waals surface area contributed by atoms with Crippen molar-refractivity contribution in [3.8, 4) is 11.3 Å². The van der Waals surface area contributed by atoms with Crippen LogP contribution in [0.5, 0.6) is 0 Å². The van der Waals surface area contributed by atoms with Crippen molar-refractivity contribution in [2.24, 2.45) is 0 Å². The number of nitrogens with zero attached hydrogens (tertiary/aromatic N) is 1. The average molecular weight is 228 g/mol. The number of hydrogen-bond donors (Lipinski definition) is 1. The molecule has 1 amide bonds. The van der Waals surface area contributed by atoms with Gasteiger partial charge in [0.2, 0.25) is 0 Å².